The fraction of sp³-hybridized carbons (Fsp3) is 0.625. The highest BCUT2D eigenvalue weighted by Crippen LogP contribution is 2.13. The average molecular weight is 222 g/mol. The lowest BCUT2D eigenvalue weighted by Gasteiger charge is -2.11. The van der Waals surface area contributed by atoms with Gasteiger partial charge in [0.05, 0.1) is 0 Å². The van der Waals surface area contributed by atoms with E-state index < -0.39 is 0 Å². The first-order valence-corrected chi connectivity index (χ1v) is 6.36. The van der Waals surface area contributed by atoms with Crippen LogP contribution in [-0.4, -0.2) is 0 Å². The molecule has 0 radical (unpaired) electrons. The topological polar surface area (TPSA) is 0 Å². The van der Waals surface area contributed by atoms with Crippen molar-refractivity contribution in [2.75, 3.05) is 0 Å². The molecule has 2 atom stereocenters. The number of hydrogen-bond donors (Lipinski definition) is 0. The SMILES string of the molecule is C/C=C/CC(C)C(C)C.C=CC(C)C=CC. The average Bonchev–Trinajstić information content (AvgIpc) is 2.26. The lowest BCUT2D eigenvalue weighted by molar-refractivity contribution is 0.424. The van der Waals surface area contributed by atoms with Gasteiger partial charge in [0.1, 0.15) is 0 Å². The molecule has 16 heavy (non-hydrogen) atoms. The fourth-order valence-electron chi connectivity index (χ4n) is 1.01. The highest BCUT2D eigenvalue weighted by Gasteiger charge is 2.02. The van der Waals surface area contributed by atoms with Crippen LogP contribution in [-0.2, 0) is 0 Å². The van der Waals surface area contributed by atoms with Crippen LogP contribution >= 0.6 is 0 Å². The third-order valence-corrected chi connectivity index (χ3v) is 2.75. The van der Waals surface area contributed by atoms with E-state index in [1.807, 2.05) is 19.1 Å². The van der Waals surface area contributed by atoms with E-state index in [0.717, 1.165) is 11.8 Å². The summed E-state index contributed by atoms with van der Waals surface area (Å²) in [6, 6.07) is 0. The third-order valence-electron chi connectivity index (χ3n) is 2.75. The molecule has 0 bridgehead atoms. The van der Waals surface area contributed by atoms with E-state index in [9.17, 15) is 0 Å². The standard InChI is InChI=1S/C9H18.C7H12/c1-5-6-7-9(4)8(2)3;1-4-6-7(3)5-2/h5-6,8-9H,7H2,1-4H3;4-7H,2H2,1,3H3/b6-5+;. The second-order valence-corrected chi connectivity index (χ2v) is 4.65. The Morgan fingerprint density at radius 2 is 1.56 bits per heavy atom. The summed E-state index contributed by atoms with van der Waals surface area (Å²) in [4.78, 5) is 0. The van der Waals surface area contributed by atoms with Gasteiger partial charge in [-0.2, -0.15) is 0 Å². The van der Waals surface area contributed by atoms with Crippen LogP contribution in [0.15, 0.2) is 37.0 Å². The molecule has 94 valence electrons. The minimum atomic E-state index is 0.532. The van der Waals surface area contributed by atoms with Gasteiger partial charge < -0.3 is 0 Å². The molecule has 0 saturated heterocycles. The van der Waals surface area contributed by atoms with Crippen LogP contribution in [0.3, 0.4) is 0 Å². The molecule has 0 rings (SSSR count). The molecule has 0 aliphatic carbocycles. The molecule has 0 aromatic carbocycles. The summed E-state index contributed by atoms with van der Waals surface area (Å²) in [5, 5.41) is 0. The second-order valence-electron chi connectivity index (χ2n) is 4.65. The minimum Gasteiger partial charge on any atom is -0.102 e. The second kappa shape index (κ2) is 12.3. The smallest absolute Gasteiger partial charge is 0.00847 e. The summed E-state index contributed by atoms with van der Waals surface area (Å²) < 4.78 is 0. The maximum atomic E-state index is 3.63. The van der Waals surface area contributed by atoms with Crippen molar-refractivity contribution < 1.29 is 0 Å². The van der Waals surface area contributed by atoms with E-state index in [1.54, 1.807) is 0 Å². The van der Waals surface area contributed by atoms with Gasteiger partial charge in [-0.25, -0.2) is 0 Å². The Morgan fingerprint density at radius 3 is 1.81 bits per heavy atom. The molecule has 2 unspecified atom stereocenters. The van der Waals surface area contributed by atoms with E-state index >= 15 is 0 Å². The molecule has 0 fully saturated rings. The Morgan fingerprint density at radius 1 is 1.00 bits per heavy atom. The Labute approximate surface area is 103 Å². The molecule has 0 aromatic heterocycles. The Balaban J connectivity index is 0. The van der Waals surface area contributed by atoms with Crippen LogP contribution in [0, 0.1) is 17.8 Å². The lowest BCUT2D eigenvalue weighted by Crippen LogP contribution is -2.01. The molecule has 0 aliphatic heterocycles. The van der Waals surface area contributed by atoms with Crippen LogP contribution in [0.2, 0.25) is 0 Å². The minimum absolute atomic E-state index is 0.532. The molecule has 0 heteroatoms. The summed E-state index contributed by atoms with van der Waals surface area (Å²) in [5.41, 5.74) is 0. The summed E-state index contributed by atoms with van der Waals surface area (Å²) in [6.45, 7) is 16.7. The number of rotatable bonds is 5. The van der Waals surface area contributed by atoms with E-state index in [4.69, 9.17) is 0 Å². The van der Waals surface area contributed by atoms with Crippen molar-refractivity contribution in [1.82, 2.24) is 0 Å². The Kier molecular flexibility index (Phi) is 13.5. The van der Waals surface area contributed by atoms with Gasteiger partial charge in [-0.05, 0) is 38.0 Å². The molecular formula is C16H30. The normalized spacial score (nSPS) is 14.9. The van der Waals surface area contributed by atoms with Gasteiger partial charge in [0.2, 0.25) is 0 Å². The van der Waals surface area contributed by atoms with Crippen molar-refractivity contribution >= 4 is 0 Å². The molecule has 0 nitrogen and oxygen atoms in total. The summed E-state index contributed by atoms with van der Waals surface area (Å²) in [6.07, 6.45) is 11.6. The fourth-order valence-corrected chi connectivity index (χ4v) is 1.01. The van der Waals surface area contributed by atoms with Gasteiger partial charge in [0.25, 0.3) is 0 Å². The molecule has 0 amide bonds. The van der Waals surface area contributed by atoms with Crippen LogP contribution < -0.4 is 0 Å². The highest BCUT2D eigenvalue weighted by molar-refractivity contribution is 4.92. The van der Waals surface area contributed by atoms with Crippen LogP contribution in [0.25, 0.3) is 0 Å². The maximum absolute atomic E-state index is 3.63. The maximum Gasteiger partial charge on any atom is -0.00847 e. The van der Waals surface area contributed by atoms with Gasteiger partial charge in [-0.1, -0.05) is 58.1 Å². The summed E-state index contributed by atoms with van der Waals surface area (Å²) in [7, 11) is 0. The zero-order valence-corrected chi connectivity index (χ0v) is 12.0. The van der Waals surface area contributed by atoms with Gasteiger partial charge in [-0.15, -0.1) is 6.58 Å². The predicted molar refractivity (Wildman–Crippen MR) is 77.6 cm³/mol. The molecule has 0 aliphatic rings. The van der Waals surface area contributed by atoms with E-state index in [-0.39, 0.29) is 0 Å². The van der Waals surface area contributed by atoms with Gasteiger partial charge in [-0.3, -0.25) is 0 Å². The predicted octanol–water partition coefficient (Wildman–Crippen LogP) is 5.63. The van der Waals surface area contributed by atoms with Crippen molar-refractivity contribution in [3.8, 4) is 0 Å². The van der Waals surface area contributed by atoms with Crippen molar-refractivity contribution in [2.24, 2.45) is 17.8 Å². The Bertz CT molecular complexity index is 196. The molecule has 0 N–H and O–H groups in total. The van der Waals surface area contributed by atoms with Crippen molar-refractivity contribution in [3.63, 3.8) is 0 Å². The lowest BCUT2D eigenvalue weighted by atomic mass is 9.95. The van der Waals surface area contributed by atoms with Crippen LogP contribution in [0.1, 0.15) is 48.0 Å². The third kappa shape index (κ3) is 13.2. The molecule has 0 saturated carbocycles. The zero-order valence-electron chi connectivity index (χ0n) is 12.0. The van der Waals surface area contributed by atoms with Gasteiger partial charge >= 0.3 is 0 Å². The van der Waals surface area contributed by atoms with E-state index in [2.05, 4.69) is 59.4 Å². The van der Waals surface area contributed by atoms with Gasteiger partial charge in [0.15, 0.2) is 0 Å². The van der Waals surface area contributed by atoms with Gasteiger partial charge in [0, 0.05) is 0 Å². The van der Waals surface area contributed by atoms with Crippen molar-refractivity contribution in [2.45, 2.75) is 48.0 Å². The van der Waals surface area contributed by atoms with Crippen molar-refractivity contribution in [1.29, 1.82) is 0 Å². The van der Waals surface area contributed by atoms with Crippen LogP contribution in [0.4, 0.5) is 0 Å². The largest absolute Gasteiger partial charge is 0.102 e. The molecule has 0 heterocycles. The number of hydrogen-bond acceptors (Lipinski definition) is 0. The van der Waals surface area contributed by atoms with E-state index in [0.29, 0.717) is 5.92 Å². The zero-order chi connectivity index (χ0) is 13.0. The number of allylic oxidation sites excluding steroid dienone is 5. The van der Waals surface area contributed by atoms with Crippen LogP contribution in [0.5, 0.6) is 0 Å². The van der Waals surface area contributed by atoms with Crippen molar-refractivity contribution in [3.05, 3.63) is 37.0 Å². The monoisotopic (exact) mass is 222 g/mol. The quantitative estimate of drug-likeness (QED) is 0.529. The summed E-state index contributed by atoms with van der Waals surface area (Å²) in [5.74, 6) is 2.19. The Hall–Kier alpha value is -0.780. The first-order chi connectivity index (χ1) is 7.49. The molecular weight excluding hydrogens is 192 g/mol. The molecule has 0 spiro atoms. The summed E-state index contributed by atoms with van der Waals surface area (Å²) >= 11 is 0. The first-order valence-electron chi connectivity index (χ1n) is 6.36. The van der Waals surface area contributed by atoms with E-state index in [1.165, 1.54) is 6.42 Å². The highest BCUT2D eigenvalue weighted by atomic mass is 14.1. The molecule has 0 aromatic rings. The first kappa shape index (κ1) is 17.6.